The van der Waals surface area contributed by atoms with Crippen molar-refractivity contribution in [1.29, 1.82) is 0 Å². The maximum absolute atomic E-state index is 12.6. The van der Waals surface area contributed by atoms with Gasteiger partial charge in [-0.2, -0.15) is 0 Å². The van der Waals surface area contributed by atoms with Crippen LogP contribution in [0.5, 0.6) is 0 Å². The van der Waals surface area contributed by atoms with Gasteiger partial charge in [-0.05, 0) is 37.8 Å². The lowest BCUT2D eigenvalue weighted by atomic mass is 9.98. The van der Waals surface area contributed by atoms with Crippen LogP contribution < -0.4 is 16.0 Å². The van der Waals surface area contributed by atoms with Crippen molar-refractivity contribution in [2.45, 2.75) is 59.0 Å². The molecule has 29 heavy (non-hydrogen) atoms. The number of aromatic nitrogens is 1. The number of aryl methyl sites for hydroxylation is 1. The first-order valence-corrected chi connectivity index (χ1v) is 10.2. The van der Waals surface area contributed by atoms with Crippen LogP contribution in [0.4, 0.5) is 0 Å². The summed E-state index contributed by atoms with van der Waals surface area (Å²) in [7, 11) is 0. The molecule has 0 fully saturated rings. The summed E-state index contributed by atoms with van der Waals surface area (Å²) in [6.45, 7) is 7.49. The maximum Gasteiger partial charge on any atom is 0.243 e. The Kier molecular flexibility index (Phi) is 8.24. The molecule has 0 saturated carbocycles. The molecule has 1 aromatic heterocycles. The zero-order chi connectivity index (χ0) is 21.4. The smallest absolute Gasteiger partial charge is 0.243 e. The minimum atomic E-state index is -0.665. The van der Waals surface area contributed by atoms with Crippen LogP contribution in [0.15, 0.2) is 30.5 Å². The van der Waals surface area contributed by atoms with E-state index in [1.54, 1.807) is 0 Å². The van der Waals surface area contributed by atoms with E-state index in [1.165, 1.54) is 0 Å². The Bertz CT molecular complexity index is 843. The zero-order valence-corrected chi connectivity index (χ0v) is 17.7. The topological polar surface area (TPSA) is 103 Å². The predicted octanol–water partition coefficient (Wildman–Crippen LogP) is 2.27. The number of carbonyl (C=O) groups is 3. The number of hydrogen-bond acceptors (Lipinski definition) is 3. The largest absolute Gasteiger partial charge is 0.361 e. The summed E-state index contributed by atoms with van der Waals surface area (Å²) in [5.74, 6) is -0.803. The summed E-state index contributed by atoms with van der Waals surface area (Å²) >= 11 is 0. The van der Waals surface area contributed by atoms with Crippen LogP contribution in [0.1, 0.15) is 46.1 Å². The van der Waals surface area contributed by atoms with Gasteiger partial charge >= 0.3 is 0 Å². The number of nitrogens with one attached hydrogen (secondary N) is 4. The van der Waals surface area contributed by atoms with Crippen molar-refractivity contribution >= 4 is 28.6 Å². The average molecular weight is 401 g/mol. The molecule has 0 aliphatic heterocycles. The van der Waals surface area contributed by atoms with Crippen molar-refractivity contribution in [3.8, 4) is 0 Å². The number of carbonyl (C=O) groups excluding carboxylic acids is 3. The van der Waals surface area contributed by atoms with Crippen LogP contribution in [-0.4, -0.2) is 41.3 Å². The van der Waals surface area contributed by atoms with E-state index in [1.807, 2.05) is 58.2 Å². The fourth-order valence-corrected chi connectivity index (χ4v) is 3.18. The van der Waals surface area contributed by atoms with Crippen LogP contribution >= 0.6 is 0 Å². The standard InChI is InChI=1S/C22H32N4O3/c1-5-15(4)21(22(29)24-13-20(28)25-14(2)3)26-19(27)11-10-16-12-23-18-9-7-6-8-17(16)18/h6-9,12,14-15,21,23H,5,10-11,13H2,1-4H3,(H,24,29)(H,25,28)(H,26,27). The highest BCUT2D eigenvalue weighted by Crippen LogP contribution is 2.19. The second kappa shape index (κ2) is 10.6. The van der Waals surface area contributed by atoms with Gasteiger partial charge in [0.05, 0.1) is 6.54 Å². The van der Waals surface area contributed by atoms with Gasteiger partial charge in [0.15, 0.2) is 0 Å². The lowest BCUT2D eigenvalue weighted by Gasteiger charge is -2.23. The number of para-hydroxylation sites is 1. The molecule has 2 rings (SSSR count). The second-order valence-corrected chi connectivity index (χ2v) is 7.73. The number of amides is 3. The van der Waals surface area contributed by atoms with Gasteiger partial charge in [-0.15, -0.1) is 0 Å². The van der Waals surface area contributed by atoms with Crippen molar-refractivity contribution in [2.24, 2.45) is 5.92 Å². The monoisotopic (exact) mass is 400 g/mol. The third-order valence-electron chi connectivity index (χ3n) is 4.98. The number of rotatable bonds is 10. The van der Waals surface area contributed by atoms with Crippen LogP contribution in [0.25, 0.3) is 10.9 Å². The lowest BCUT2D eigenvalue weighted by Crippen LogP contribution is -2.52. The molecular formula is C22H32N4O3. The molecule has 0 saturated heterocycles. The Hall–Kier alpha value is -2.83. The van der Waals surface area contributed by atoms with Crippen molar-refractivity contribution in [2.75, 3.05) is 6.54 Å². The third kappa shape index (κ3) is 6.62. The minimum absolute atomic E-state index is 0.00831. The molecule has 0 bridgehead atoms. The Balaban J connectivity index is 1.91. The maximum atomic E-state index is 12.6. The van der Waals surface area contributed by atoms with E-state index in [0.29, 0.717) is 6.42 Å². The molecule has 158 valence electrons. The van der Waals surface area contributed by atoms with Crippen molar-refractivity contribution < 1.29 is 14.4 Å². The molecule has 4 N–H and O–H groups in total. The van der Waals surface area contributed by atoms with Gasteiger partial charge < -0.3 is 20.9 Å². The van der Waals surface area contributed by atoms with Gasteiger partial charge in [0.1, 0.15) is 6.04 Å². The Morgan fingerprint density at radius 3 is 2.45 bits per heavy atom. The first-order valence-electron chi connectivity index (χ1n) is 10.2. The highest BCUT2D eigenvalue weighted by atomic mass is 16.2. The normalized spacial score (nSPS) is 13.1. The molecule has 0 aliphatic rings. The van der Waals surface area contributed by atoms with Crippen LogP contribution in [0, 0.1) is 5.92 Å². The summed E-state index contributed by atoms with van der Waals surface area (Å²) in [5.41, 5.74) is 2.12. The summed E-state index contributed by atoms with van der Waals surface area (Å²) in [4.78, 5) is 40.1. The lowest BCUT2D eigenvalue weighted by molar-refractivity contribution is -0.131. The molecule has 7 nitrogen and oxygen atoms in total. The Labute approximate surface area is 172 Å². The fourth-order valence-electron chi connectivity index (χ4n) is 3.18. The molecule has 3 amide bonds. The number of aromatic amines is 1. The van der Waals surface area contributed by atoms with Gasteiger partial charge in [-0.1, -0.05) is 38.5 Å². The number of benzene rings is 1. The molecule has 1 heterocycles. The van der Waals surface area contributed by atoms with Crippen LogP contribution in [-0.2, 0) is 20.8 Å². The molecule has 0 radical (unpaired) electrons. The van der Waals surface area contributed by atoms with E-state index in [4.69, 9.17) is 0 Å². The predicted molar refractivity (Wildman–Crippen MR) is 114 cm³/mol. The molecule has 2 unspecified atom stereocenters. The quantitative estimate of drug-likeness (QED) is 0.492. The van der Waals surface area contributed by atoms with Crippen molar-refractivity contribution in [3.63, 3.8) is 0 Å². The van der Waals surface area contributed by atoms with Gasteiger partial charge in [0.2, 0.25) is 17.7 Å². The van der Waals surface area contributed by atoms with E-state index in [-0.39, 0.29) is 42.6 Å². The van der Waals surface area contributed by atoms with E-state index < -0.39 is 6.04 Å². The van der Waals surface area contributed by atoms with Crippen molar-refractivity contribution in [3.05, 3.63) is 36.0 Å². The molecule has 2 atom stereocenters. The van der Waals surface area contributed by atoms with E-state index in [9.17, 15) is 14.4 Å². The molecular weight excluding hydrogens is 368 g/mol. The van der Waals surface area contributed by atoms with Crippen LogP contribution in [0.3, 0.4) is 0 Å². The Morgan fingerprint density at radius 2 is 1.76 bits per heavy atom. The zero-order valence-electron chi connectivity index (χ0n) is 17.7. The van der Waals surface area contributed by atoms with Gasteiger partial charge in [-0.25, -0.2) is 0 Å². The van der Waals surface area contributed by atoms with Gasteiger partial charge in [0, 0.05) is 29.6 Å². The second-order valence-electron chi connectivity index (χ2n) is 7.73. The molecule has 2 aromatic rings. The molecule has 1 aromatic carbocycles. The SMILES string of the molecule is CCC(C)C(NC(=O)CCc1c[nH]c2ccccc12)C(=O)NCC(=O)NC(C)C. The first-order chi connectivity index (χ1) is 13.8. The molecule has 7 heteroatoms. The first kappa shape index (κ1) is 22.5. The minimum Gasteiger partial charge on any atom is -0.361 e. The fraction of sp³-hybridized carbons (Fsp3) is 0.500. The van der Waals surface area contributed by atoms with E-state index in [2.05, 4.69) is 20.9 Å². The summed E-state index contributed by atoms with van der Waals surface area (Å²) in [6, 6.07) is 7.30. The summed E-state index contributed by atoms with van der Waals surface area (Å²) < 4.78 is 0. The molecule has 0 spiro atoms. The van der Waals surface area contributed by atoms with Crippen molar-refractivity contribution in [1.82, 2.24) is 20.9 Å². The number of H-pyrrole nitrogens is 1. The average Bonchev–Trinajstić information content (AvgIpc) is 3.10. The van der Waals surface area contributed by atoms with Gasteiger partial charge in [-0.3, -0.25) is 14.4 Å². The highest BCUT2D eigenvalue weighted by molar-refractivity contribution is 5.91. The third-order valence-corrected chi connectivity index (χ3v) is 4.98. The summed E-state index contributed by atoms with van der Waals surface area (Å²) in [5, 5.41) is 9.31. The Morgan fingerprint density at radius 1 is 1.03 bits per heavy atom. The van der Waals surface area contributed by atoms with Gasteiger partial charge in [0.25, 0.3) is 0 Å². The number of hydrogen-bond donors (Lipinski definition) is 4. The molecule has 0 aliphatic carbocycles. The summed E-state index contributed by atoms with van der Waals surface area (Å²) in [6.07, 6.45) is 3.53. The van der Waals surface area contributed by atoms with E-state index in [0.717, 1.165) is 22.9 Å². The van der Waals surface area contributed by atoms with Crippen LogP contribution in [0.2, 0.25) is 0 Å². The van der Waals surface area contributed by atoms with E-state index >= 15 is 0 Å². The number of fused-ring (bicyclic) bond motifs is 1. The highest BCUT2D eigenvalue weighted by Gasteiger charge is 2.26.